The van der Waals surface area contributed by atoms with E-state index in [1.165, 1.54) is 0 Å². The number of amides is 1. The Hall–Kier alpha value is -1.35. The molecule has 1 saturated heterocycles. The zero-order valence-electron chi connectivity index (χ0n) is 12.0. The summed E-state index contributed by atoms with van der Waals surface area (Å²) in [5.74, 6) is 0.455. The molecule has 0 radical (unpaired) electrons. The largest absolute Gasteiger partial charge is 0.378 e. The van der Waals surface area contributed by atoms with Gasteiger partial charge in [-0.15, -0.1) is 24.0 Å². The first kappa shape index (κ1) is 17.7. The number of benzene rings is 1. The van der Waals surface area contributed by atoms with Gasteiger partial charge >= 0.3 is 0 Å². The van der Waals surface area contributed by atoms with E-state index in [0.717, 1.165) is 18.7 Å². The van der Waals surface area contributed by atoms with E-state index < -0.39 is 0 Å². The highest BCUT2D eigenvalue weighted by Crippen LogP contribution is 2.06. The first-order valence-corrected chi connectivity index (χ1v) is 6.64. The summed E-state index contributed by atoms with van der Waals surface area (Å²) >= 11 is 0. The zero-order valence-corrected chi connectivity index (χ0v) is 14.4. The van der Waals surface area contributed by atoms with Crippen molar-refractivity contribution in [3.63, 3.8) is 0 Å². The van der Waals surface area contributed by atoms with Crippen molar-refractivity contribution in [3.05, 3.63) is 35.4 Å². The van der Waals surface area contributed by atoms with E-state index in [0.29, 0.717) is 31.3 Å². The molecular formula is C14H21IN4O2. The van der Waals surface area contributed by atoms with Crippen LogP contribution in [-0.2, 0) is 11.3 Å². The second-order valence-electron chi connectivity index (χ2n) is 4.55. The minimum atomic E-state index is -0.0899. The molecule has 6 nitrogen and oxygen atoms in total. The summed E-state index contributed by atoms with van der Waals surface area (Å²) in [7, 11) is 1.61. The average Bonchev–Trinajstić information content (AvgIpc) is 2.53. The third-order valence-electron chi connectivity index (χ3n) is 3.20. The second-order valence-corrected chi connectivity index (χ2v) is 4.55. The molecule has 0 spiro atoms. The number of halogens is 1. The van der Waals surface area contributed by atoms with Crippen molar-refractivity contribution in [1.29, 1.82) is 0 Å². The molecule has 116 valence electrons. The van der Waals surface area contributed by atoms with Gasteiger partial charge in [-0.25, -0.2) is 4.99 Å². The molecule has 1 aliphatic rings. The molecule has 0 unspecified atom stereocenters. The molecule has 1 heterocycles. The predicted octanol–water partition coefficient (Wildman–Crippen LogP) is 0.811. The van der Waals surface area contributed by atoms with Crippen molar-refractivity contribution in [1.82, 2.24) is 10.2 Å². The number of nitrogens with one attached hydrogen (secondary N) is 1. The van der Waals surface area contributed by atoms with Crippen LogP contribution in [0.4, 0.5) is 0 Å². The maximum atomic E-state index is 11.4. The third kappa shape index (κ3) is 5.16. The lowest BCUT2D eigenvalue weighted by atomic mass is 10.1. The van der Waals surface area contributed by atoms with Crippen molar-refractivity contribution in [2.75, 3.05) is 33.4 Å². The Morgan fingerprint density at radius 1 is 1.33 bits per heavy atom. The lowest BCUT2D eigenvalue weighted by Gasteiger charge is -2.27. The minimum absolute atomic E-state index is 0. The average molecular weight is 404 g/mol. The number of carbonyl (C=O) groups excluding carboxylic acids is 1. The van der Waals surface area contributed by atoms with Gasteiger partial charge in [0.05, 0.1) is 19.8 Å². The number of carbonyl (C=O) groups is 1. The zero-order chi connectivity index (χ0) is 14.4. The molecule has 2 rings (SSSR count). The van der Waals surface area contributed by atoms with Gasteiger partial charge in [-0.2, -0.15) is 0 Å². The van der Waals surface area contributed by atoms with E-state index in [-0.39, 0.29) is 29.9 Å². The SMILES string of the molecule is CNC(=O)c1ccc(CN=C(N)N2CCOCC2)cc1.I. The monoisotopic (exact) mass is 404 g/mol. The maximum Gasteiger partial charge on any atom is 0.251 e. The smallest absolute Gasteiger partial charge is 0.251 e. The van der Waals surface area contributed by atoms with Crippen molar-refractivity contribution in [3.8, 4) is 0 Å². The van der Waals surface area contributed by atoms with E-state index in [1.807, 2.05) is 17.0 Å². The van der Waals surface area contributed by atoms with Crippen LogP contribution >= 0.6 is 24.0 Å². The Morgan fingerprint density at radius 3 is 2.52 bits per heavy atom. The number of aliphatic imine (C=N–C) groups is 1. The van der Waals surface area contributed by atoms with Gasteiger partial charge in [0.2, 0.25) is 0 Å². The lowest BCUT2D eigenvalue weighted by Crippen LogP contribution is -2.44. The number of rotatable bonds is 3. The lowest BCUT2D eigenvalue weighted by molar-refractivity contribution is 0.0674. The van der Waals surface area contributed by atoms with Gasteiger partial charge in [0.1, 0.15) is 0 Å². The van der Waals surface area contributed by atoms with Crippen LogP contribution in [0.2, 0.25) is 0 Å². The number of guanidine groups is 1. The van der Waals surface area contributed by atoms with Gasteiger partial charge in [-0.1, -0.05) is 12.1 Å². The van der Waals surface area contributed by atoms with Crippen LogP contribution in [0.1, 0.15) is 15.9 Å². The summed E-state index contributed by atoms with van der Waals surface area (Å²) in [6.45, 7) is 3.46. The molecule has 0 aromatic heterocycles. The van der Waals surface area contributed by atoms with Crippen LogP contribution in [0.5, 0.6) is 0 Å². The van der Waals surface area contributed by atoms with Crippen molar-refractivity contribution < 1.29 is 9.53 Å². The van der Waals surface area contributed by atoms with Gasteiger partial charge in [-0.3, -0.25) is 4.79 Å². The summed E-state index contributed by atoms with van der Waals surface area (Å²) in [4.78, 5) is 17.8. The van der Waals surface area contributed by atoms with Gasteiger partial charge in [0.15, 0.2) is 5.96 Å². The van der Waals surface area contributed by atoms with E-state index >= 15 is 0 Å². The molecule has 7 heteroatoms. The second kappa shape index (κ2) is 8.83. The Balaban J connectivity index is 0.00000220. The Bertz CT molecular complexity index is 484. The summed E-state index contributed by atoms with van der Waals surface area (Å²) in [5.41, 5.74) is 7.61. The van der Waals surface area contributed by atoms with Crippen LogP contribution in [0.3, 0.4) is 0 Å². The van der Waals surface area contributed by atoms with E-state index in [9.17, 15) is 4.79 Å². The van der Waals surface area contributed by atoms with E-state index in [2.05, 4.69) is 10.3 Å². The van der Waals surface area contributed by atoms with E-state index in [1.54, 1.807) is 19.2 Å². The molecule has 1 aromatic carbocycles. The summed E-state index contributed by atoms with van der Waals surface area (Å²) in [5, 5.41) is 2.59. The Kier molecular flexibility index (Phi) is 7.44. The molecule has 1 fully saturated rings. The Labute approximate surface area is 141 Å². The van der Waals surface area contributed by atoms with Crippen LogP contribution in [0.15, 0.2) is 29.3 Å². The fourth-order valence-corrected chi connectivity index (χ4v) is 1.97. The molecule has 21 heavy (non-hydrogen) atoms. The highest BCUT2D eigenvalue weighted by atomic mass is 127. The minimum Gasteiger partial charge on any atom is -0.378 e. The van der Waals surface area contributed by atoms with Crippen LogP contribution in [0, 0.1) is 0 Å². The number of ether oxygens (including phenoxy) is 1. The fraction of sp³-hybridized carbons (Fsp3) is 0.429. The summed E-state index contributed by atoms with van der Waals surface area (Å²) in [6, 6.07) is 7.35. The molecule has 1 aromatic rings. The van der Waals surface area contributed by atoms with Crippen LogP contribution in [-0.4, -0.2) is 50.1 Å². The van der Waals surface area contributed by atoms with Crippen LogP contribution < -0.4 is 11.1 Å². The molecule has 0 atom stereocenters. The van der Waals surface area contributed by atoms with Gasteiger partial charge in [0, 0.05) is 25.7 Å². The molecule has 0 aliphatic carbocycles. The first-order valence-electron chi connectivity index (χ1n) is 6.64. The standard InChI is InChI=1S/C14H20N4O2.HI/c1-16-13(19)12-4-2-11(3-5-12)10-17-14(15)18-6-8-20-9-7-18;/h2-5H,6-10H2,1H3,(H2,15,17)(H,16,19);1H. The molecular weight excluding hydrogens is 383 g/mol. The van der Waals surface area contributed by atoms with Gasteiger partial charge in [0.25, 0.3) is 5.91 Å². The normalized spacial score (nSPS) is 15.3. The number of nitrogens with zero attached hydrogens (tertiary/aromatic N) is 2. The quantitative estimate of drug-likeness (QED) is 0.444. The van der Waals surface area contributed by atoms with E-state index in [4.69, 9.17) is 10.5 Å². The molecule has 3 N–H and O–H groups in total. The highest BCUT2D eigenvalue weighted by Gasteiger charge is 2.11. The maximum absolute atomic E-state index is 11.4. The van der Waals surface area contributed by atoms with Gasteiger partial charge < -0.3 is 20.7 Å². The Morgan fingerprint density at radius 2 is 1.95 bits per heavy atom. The van der Waals surface area contributed by atoms with Crippen LogP contribution in [0.25, 0.3) is 0 Å². The van der Waals surface area contributed by atoms with Crippen molar-refractivity contribution >= 4 is 35.8 Å². The number of hydrogen-bond acceptors (Lipinski definition) is 3. The van der Waals surface area contributed by atoms with Crippen molar-refractivity contribution in [2.45, 2.75) is 6.54 Å². The first-order chi connectivity index (χ1) is 9.70. The summed E-state index contributed by atoms with van der Waals surface area (Å²) < 4.78 is 5.27. The molecule has 0 bridgehead atoms. The molecule has 0 saturated carbocycles. The molecule has 1 aliphatic heterocycles. The topological polar surface area (TPSA) is 80.0 Å². The summed E-state index contributed by atoms with van der Waals surface area (Å²) in [6.07, 6.45) is 0. The van der Waals surface area contributed by atoms with Crippen molar-refractivity contribution in [2.24, 2.45) is 10.7 Å². The van der Waals surface area contributed by atoms with Gasteiger partial charge in [-0.05, 0) is 17.7 Å². The fourth-order valence-electron chi connectivity index (χ4n) is 1.97. The highest BCUT2D eigenvalue weighted by molar-refractivity contribution is 14.0. The number of nitrogens with two attached hydrogens (primary N) is 1. The number of morpholine rings is 1. The third-order valence-corrected chi connectivity index (χ3v) is 3.20. The predicted molar refractivity (Wildman–Crippen MR) is 93.0 cm³/mol. The number of hydrogen-bond donors (Lipinski definition) is 2. The molecule has 1 amide bonds.